The predicted molar refractivity (Wildman–Crippen MR) is 85.6 cm³/mol. The molecule has 21 heavy (non-hydrogen) atoms. The first-order valence-corrected chi connectivity index (χ1v) is 7.13. The minimum Gasteiger partial charge on any atom is -0.323 e. The highest BCUT2D eigenvalue weighted by Gasteiger charge is 2.17. The fraction of sp³-hybridized carbons (Fsp3) is 0.125. The van der Waals surface area contributed by atoms with Gasteiger partial charge in [0, 0.05) is 4.47 Å². The van der Waals surface area contributed by atoms with Crippen LogP contribution in [0.25, 0.3) is 0 Å². The van der Waals surface area contributed by atoms with Gasteiger partial charge in [-0.25, -0.2) is 0 Å². The first-order chi connectivity index (χ1) is 10.0. The third-order valence-corrected chi connectivity index (χ3v) is 3.57. The van der Waals surface area contributed by atoms with Crippen molar-refractivity contribution in [2.75, 3.05) is 5.32 Å². The maximum absolute atomic E-state index is 12.2. The van der Waals surface area contributed by atoms with Crippen LogP contribution in [0.2, 0.25) is 0 Å². The number of hydrogen-bond acceptors (Lipinski definition) is 3. The lowest BCUT2D eigenvalue weighted by Gasteiger charge is -2.13. The number of aryl methyl sites for hydroxylation is 1. The van der Waals surface area contributed by atoms with E-state index in [1.807, 2.05) is 37.3 Å². The van der Waals surface area contributed by atoms with Crippen LogP contribution in [0.1, 0.15) is 22.7 Å². The van der Waals surface area contributed by atoms with Crippen LogP contribution in [-0.2, 0) is 4.79 Å². The molecule has 0 aromatic heterocycles. The molecule has 0 fully saturated rings. The van der Waals surface area contributed by atoms with E-state index in [9.17, 15) is 4.79 Å². The van der Waals surface area contributed by atoms with Gasteiger partial charge in [0.1, 0.15) is 12.1 Å². The largest absolute Gasteiger partial charge is 0.323 e. The molecule has 0 saturated heterocycles. The Morgan fingerprint density at radius 2 is 1.95 bits per heavy atom. The smallest absolute Gasteiger partial charge is 0.245 e. The standard InChI is InChI=1S/C16H14BrN3O/c1-10-2-4-11(5-3-10)15(19)16(21)20-14-7-6-13(17)8-12(14)9-18/h2-8,15H,19H2,1H3,(H,20,21). The Bertz CT molecular complexity index is 704. The van der Waals surface area contributed by atoms with Crippen molar-refractivity contribution >= 4 is 27.5 Å². The summed E-state index contributed by atoms with van der Waals surface area (Å²) in [6.45, 7) is 1.97. The van der Waals surface area contributed by atoms with Crippen molar-refractivity contribution in [3.8, 4) is 6.07 Å². The molecule has 106 valence electrons. The summed E-state index contributed by atoms with van der Waals surface area (Å²) in [7, 11) is 0. The van der Waals surface area contributed by atoms with E-state index >= 15 is 0 Å². The van der Waals surface area contributed by atoms with Crippen LogP contribution in [0.15, 0.2) is 46.9 Å². The highest BCUT2D eigenvalue weighted by Crippen LogP contribution is 2.21. The Labute approximate surface area is 131 Å². The molecular formula is C16H14BrN3O. The minimum absolute atomic E-state index is 0.349. The zero-order chi connectivity index (χ0) is 15.4. The van der Waals surface area contributed by atoms with Gasteiger partial charge in [0.05, 0.1) is 11.3 Å². The summed E-state index contributed by atoms with van der Waals surface area (Å²) >= 11 is 3.29. The van der Waals surface area contributed by atoms with Gasteiger partial charge in [-0.15, -0.1) is 0 Å². The number of amides is 1. The number of nitriles is 1. The van der Waals surface area contributed by atoms with Gasteiger partial charge >= 0.3 is 0 Å². The van der Waals surface area contributed by atoms with Gasteiger partial charge in [-0.05, 0) is 30.7 Å². The van der Waals surface area contributed by atoms with Gasteiger partial charge in [-0.3, -0.25) is 4.79 Å². The Morgan fingerprint density at radius 1 is 1.29 bits per heavy atom. The predicted octanol–water partition coefficient (Wildman–Crippen LogP) is 3.27. The number of carbonyl (C=O) groups excluding carboxylic acids is 1. The van der Waals surface area contributed by atoms with Crippen LogP contribution in [0, 0.1) is 18.3 Å². The lowest BCUT2D eigenvalue weighted by molar-refractivity contribution is -0.117. The minimum atomic E-state index is -0.777. The SMILES string of the molecule is Cc1ccc(C(N)C(=O)Nc2ccc(Br)cc2C#N)cc1. The number of anilines is 1. The van der Waals surface area contributed by atoms with E-state index in [1.54, 1.807) is 18.2 Å². The fourth-order valence-corrected chi connectivity index (χ4v) is 2.21. The van der Waals surface area contributed by atoms with E-state index in [0.717, 1.165) is 15.6 Å². The van der Waals surface area contributed by atoms with Crippen LogP contribution in [0.5, 0.6) is 0 Å². The molecule has 0 saturated carbocycles. The summed E-state index contributed by atoms with van der Waals surface area (Å²) in [6, 6.07) is 13.8. The quantitative estimate of drug-likeness (QED) is 0.897. The first kappa shape index (κ1) is 15.2. The molecule has 2 aromatic carbocycles. The monoisotopic (exact) mass is 343 g/mol. The van der Waals surface area contributed by atoms with E-state index in [1.165, 1.54) is 0 Å². The van der Waals surface area contributed by atoms with Crippen molar-refractivity contribution < 1.29 is 4.79 Å². The Kier molecular flexibility index (Phi) is 4.73. The number of nitrogens with two attached hydrogens (primary N) is 1. The maximum atomic E-state index is 12.2. The van der Waals surface area contributed by atoms with Crippen LogP contribution in [-0.4, -0.2) is 5.91 Å². The number of nitrogens with one attached hydrogen (secondary N) is 1. The molecule has 0 aliphatic rings. The van der Waals surface area contributed by atoms with Crippen LogP contribution in [0.4, 0.5) is 5.69 Å². The molecule has 1 atom stereocenters. The second-order valence-corrected chi connectivity index (χ2v) is 5.59. The highest BCUT2D eigenvalue weighted by atomic mass is 79.9. The van der Waals surface area contributed by atoms with E-state index in [0.29, 0.717) is 11.3 Å². The molecule has 0 spiro atoms. The summed E-state index contributed by atoms with van der Waals surface area (Å²) in [6.07, 6.45) is 0. The van der Waals surface area contributed by atoms with Gasteiger partial charge < -0.3 is 11.1 Å². The van der Waals surface area contributed by atoms with Crippen molar-refractivity contribution in [3.63, 3.8) is 0 Å². The van der Waals surface area contributed by atoms with Gasteiger partial charge in [0.25, 0.3) is 0 Å². The lowest BCUT2D eigenvalue weighted by Crippen LogP contribution is -2.28. The Morgan fingerprint density at radius 3 is 2.57 bits per heavy atom. The topological polar surface area (TPSA) is 78.9 Å². The molecule has 0 aliphatic heterocycles. The second kappa shape index (κ2) is 6.53. The van der Waals surface area contributed by atoms with Gasteiger partial charge in [0.2, 0.25) is 5.91 Å². The number of carbonyl (C=O) groups is 1. The zero-order valence-electron chi connectivity index (χ0n) is 11.4. The molecule has 5 heteroatoms. The van der Waals surface area contributed by atoms with Crippen molar-refractivity contribution in [3.05, 3.63) is 63.6 Å². The highest BCUT2D eigenvalue weighted by molar-refractivity contribution is 9.10. The number of rotatable bonds is 3. The third-order valence-electron chi connectivity index (χ3n) is 3.08. The molecular weight excluding hydrogens is 330 g/mol. The second-order valence-electron chi connectivity index (χ2n) is 4.68. The molecule has 2 aromatic rings. The Balaban J connectivity index is 2.18. The van der Waals surface area contributed by atoms with Gasteiger partial charge in [-0.2, -0.15) is 5.26 Å². The molecule has 0 radical (unpaired) electrons. The fourth-order valence-electron chi connectivity index (χ4n) is 1.85. The summed E-state index contributed by atoms with van der Waals surface area (Å²) in [5, 5.41) is 11.8. The van der Waals surface area contributed by atoms with Crippen molar-refractivity contribution in [2.45, 2.75) is 13.0 Å². The van der Waals surface area contributed by atoms with E-state index < -0.39 is 6.04 Å². The van der Waals surface area contributed by atoms with Crippen molar-refractivity contribution in [2.24, 2.45) is 5.73 Å². The molecule has 1 amide bonds. The molecule has 0 aliphatic carbocycles. The number of benzene rings is 2. The molecule has 0 heterocycles. The first-order valence-electron chi connectivity index (χ1n) is 6.34. The molecule has 0 bridgehead atoms. The number of halogens is 1. The molecule has 2 rings (SSSR count). The van der Waals surface area contributed by atoms with E-state index in [-0.39, 0.29) is 5.91 Å². The van der Waals surface area contributed by atoms with Crippen molar-refractivity contribution in [1.82, 2.24) is 0 Å². The van der Waals surface area contributed by atoms with Gasteiger partial charge in [-0.1, -0.05) is 45.8 Å². The normalized spacial score (nSPS) is 11.5. The Hall–Kier alpha value is -2.16. The summed E-state index contributed by atoms with van der Waals surface area (Å²) in [4.78, 5) is 12.2. The average Bonchev–Trinajstić information content (AvgIpc) is 2.49. The van der Waals surface area contributed by atoms with Crippen LogP contribution >= 0.6 is 15.9 Å². The van der Waals surface area contributed by atoms with Gasteiger partial charge in [0.15, 0.2) is 0 Å². The summed E-state index contributed by atoms with van der Waals surface area (Å²) < 4.78 is 0.778. The number of nitrogens with zero attached hydrogens (tertiary/aromatic N) is 1. The third kappa shape index (κ3) is 3.69. The number of hydrogen-bond donors (Lipinski definition) is 2. The van der Waals surface area contributed by atoms with E-state index in [4.69, 9.17) is 11.0 Å². The van der Waals surface area contributed by atoms with Crippen molar-refractivity contribution in [1.29, 1.82) is 5.26 Å². The maximum Gasteiger partial charge on any atom is 0.245 e. The average molecular weight is 344 g/mol. The summed E-state index contributed by atoms with van der Waals surface area (Å²) in [5.74, 6) is -0.349. The molecule has 4 nitrogen and oxygen atoms in total. The van der Waals surface area contributed by atoms with E-state index in [2.05, 4.69) is 21.2 Å². The van der Waals surface area contributed by atoms with Crippen LogP contribution in [0.3, 0.4) is 0 Å². The molecule has 1 unspecified atom stereocenters. The molecule has 3 N–H and O–H groups in total. The van der Waals surface area contributed by atoms with Crippen LogP contribution < -0.4 is 11.1 Å². The lowest BCUT2D eigenvalue weighted by atomic mass is 10.0. The summed E-state index contributed by atoms with van der Waals surface area (Å²) in [5.41, 5.74) is 8.62. The zero-order valence-corrected chi connectivity index (χ0v) is 13.0.